The second-order valence-corrected chi connectivity index (χ2v) is 11.7. The number of hydrogen-bond acceptors (Lipinski definition) is 6. The second kappa shape index (κ2) is 17.1. The third-order valence-corrected chi connectivity index (χ3v) is 8.34. The van der Waals surface area contributed by atoms with Crippen molar-refractivity contribution in [2.75, 3.05) is 13.6 Å². The lowest BCUT2D eigenvalue weighted by Crippen LogP contribution is -2.38. The van der Waals surface area contributed by atoms with E-state index in [0.29, 0.717) is 25.8 Å². The number of hydrogen-bond donors (Lipinski definition) is 3. The average Bonchev–Trinajstić information content (AvgIpc) is 3.05. The Bertz CT molecular complexity index is 1300. The molecule has 8 heteroatoms. The van der Waals surface area contributed by atoms with Gasteiger partial charge in [0.2, 0.25) is 5.91 Å². The van der Waals surface area contributed by atoms with E-state index in [9.17, 15) is 14.7 Å². The van der Waals surface area contributed by atoms with Crippen LogP contribution in [0.1, 0.15) is 98.1 Å². The Morgan fingerprint density at radius 2 is 1.50 bits per heavy atom. The van der Waals surface area contributed by atoms with Crippen LogP contribution in [0, 0.1) is 0 Å². The fourth-order valence-electron chi connectivity index (χ4n) is 5.50. The van der Waals surface area contributed by atoms with Crippen molar-refractivity contribution in [2.24, 2.45) is 0 Å². The number of carbonyl (C=O) groups excluding carboxylic acids is 1. The van der Waals surface area contributed by atoms with Gasteiger partial charge in [0.15, 0.2) is 6.29 Å². The van der Waals surface area contributed by atoms with Crippen molar-refractivity contribution in [1.29, 1.82) is 0 Å². The van der Waals surface area contributed by atoms with Gasteiger partial charge in [0, 0.05) is 44.0 Å². The molecule has 1 amide bonds. The molecule has 44 heavy (non-hydrogen) atoms. The largest absolute Gasteiger partial charge is 0.481 e. The lowest BCUT2D eigenvalue weighted by molar-refractivity contribution is -0.253. The van der Waals surface area contributed by atoms with E-state index < -0.39 is 12.3 Å². The van der Waals surface area contributed by atoms with Gasteiger partial charge in [-0.1, -0.05) is 91.7 Å². The minimum Gasteiger partial charge on any atom is -0.481 e. The molecule has 0 unspecified atom stereocenters. The van der Waals surface area contributed by atoms with Crippen LogP contribution < -0.4 is 5.32 Å². The van der Waals surface area contributed by atoms with Crippen molar-refractivity contribution in [3.05, 3.63) is 107 Å². The molecule has 3 aromatic rings. The van der Waals surface area contributed by atoms with Gasteiger partial charge < -0.3 is 25.0 Å². The molecule has 3 aromatic carbocycles. The summed E-state index contributed by atoms with van der Waals surface area (Å²) in [5.41, 5.74) is 5.09. The van der Waals surface area contributed by atoms with Crippen molar-refractivity contribution < 1.29 is 29.3 Å². The standard InChI is InChI=1S/C36H46N2O6/c1-26(29-10-6-5-7-11-29)38(2)24-32-22-33(30-18-16-28(25-39)17-19-30)44-36(43-32)31-20-14-27(15-21-31)23-37-34(40)12-8-3-4-9-13-35(41)42/h5-7,10-11,14-21,26,32-33,36,39H,3-4,8-9,12-13,22-25H2,1-2H3,(H,37,40)(H,41,42)/t26-,32+,33-,36-/m0/s1. The number of rotatable bonds is 16. The highest BCUT2D eigenvalue weighted by Gasteiger charge is 2.33. The third-order valence-electron chi connectivity index (χ3n) is 8.34. The number of nitrogens with zero attached hydrogens (tertiary/aromatic N) is 1. The molecule has 8 nitrogen and oxygen atoms in total. The number of likely N-dealkylation sites (N-methyl/N-ethyl adjacent to an activating group) is 1. The molecule has 1 saturated heterocycles. The van der Waals surface area contributed by atoms with Gasteiger partial charge in [-0.2, -0.15) is 0 Å². The maximum Gasteiger partial charge on any atom is 0.303 e. The summed E-state index contributed by atoms with van der Waals surface area (Å²) in [7, 11) is 2.12. The van der Waals surface area contributed by atoms with Gasteiger partial charge in [0.05, 0.1) is 18.8 Å². The van der Waals surface area contributed by atoms with Gasteiger partial charge in [-0.25, -0.2) is 0 Å². The van der Waals surface area contributed by atoms with Crippen molar-refractivity contribution in [2.45, 2.75) is 89.6 Å². The number of unbranched alkanes of at least 4 members (excludes halogenated alkanes) is 3. The van der Waals surface area contributed by atoms with Crippen LogP contribution >= 0.6 is 0 Å². The summed E-state index contributed by atoms with van der Waals surface area (Å²) in [5, 5.41) is 21.2. The van der Waals surface area contributed by atoms with E-state index in [1.165, 1.54) is 5.56 Å². The number of ether oxygens (including phenoxy) is 2. The molecular formula is C36H46N2O6. The average molecular weight is 603 g/mol. The summed E-state index contributed by atoms with van der Waals surface area (Å²) in [6, 6.07) is 26.6. The molecule has 0 aromatic heterocycles. The third kappa shape index (κ3) is 10.3. The monoisotopic (exact) mass is 602 g/mol. The first kappa shape index (κ1) is 33.3. The fraction of sp³-hybridized carbons (Fsp3) is 0.444. The van der Waals surface area contributed by atoms with Crippen molar-refractivity contribution in [1.82, 2.24) is 10.2 Å². The molecule has 0 aliphatic carbocycles. The van der Waals surface area contributed by atoms with E-state index in [1.807, 2.05) is 54.6 Å². The minimum atomic E-state index is -0.774. The zero-order valence-corrected chi connectivity index (χ0v) is 25.9. The molecule has 0 bridgehead atoms. The summed E-state index contributed by atoms with van der Waals surface area (Å²) in [4.78, 5) is 25.2. The minimum absolute atomic E-state index is 0.00184. The van der Waals surface area contributed by atoms with Gasteiger partial charge >= 0.3 is 5.97 Å². The van der Waals surface area contributed by atoms with Crippen LogP contribution in [-0.2, 0) is 32.2 Å². The highest BCUT2D eigenvalue weighted by Crippen LogP contribution is 2.38. The Balaban J connectivity index is 1.36. The van der Waals surface area contributed by atoms with Crippen molar-refractivity contribution >= 4 is 11.9 Å². The van der Waals surface area contributed by atoms with Crippen LogP contribution in [0.4, 0.5) is 0 Å². The number of amides is 1. The van der Waals surface area contributed by atoms with Gasteiger partial charge in [-0.15, -0.1) is 0 Å². The van der Waals surface area contributed by atoms with Crippen LogP contribution in [0.15, 0.2) is 78.9 Å². The molecule has 0 radical (unpaired) electrons. The van der Waals surface area contributed by atoms with Gasteiger partial charge in [0.1, 0.15) is 0 Å². The van der Waals surface area contributed by atoms with Crippen LogP contribution in [0.3, 0.4) is 0 Å². The lowest BCUT2D eigenvalue weighted by atomic mass is 9.99. The van der Waals surface area contributed by atoms with Crippen molar-refractivity contribution in [3.63, 3.8) is 0 Å². The molecule has 0 saturated carbocycles. The van der Waals surface area contributed by atoms with Crippen LogP contribution in [0.25, 0.3) is 0 Å². The maximum atomic E-state index is 12.3. The summed E-state index contributed by atoms with van der Waals surface area (Å²) in [6.07, 6.45) is 3.66. The molecule has 3 N–H and O–H groups in total. The Hall–Kier alpha value is -3.56. The highest BCUT2D eigenvalue weighted by atomic mass is 16.7. The first-order valence-electron chi connectivity index (χ1n) is 15.7. The van der Waals surface area contributed by atoms with Gasteiger partial charge in [0.25, 0.3) is 0 Å². The number of aliphatic hydroxyl groups is 1. The van der Waals surface area contributed by atoms with E-state index in [0.717, 1.165) is 48.1 Å². The molecule has 236 valence electrons. The number of carboxylic acids is 1. The Labute approximate surface area is 261 Å². The summed E-state index contributed by atoms with van der Waals surface area (Å²) in [5.74, 6) is -0.775. The molecular weight excluding hydrogens is 556 g/mol. The number of aliphatic carboxylic acids is 1. The SMILES string of the molecule is C[C@@H](c1ccccc1)N(C)C[C@H]1C[C@@H](c2ccc(CO)cc2)O[C@@H](c2ccc(CNC(=O)CCCCCCC(=O)O)cc2)O1. The number of nitrogens with one attached hydrogen (secondary N) is 1. The van der Waals surface area contributed by atoms with E-state index in [4.69, 9.17) is 14.6 Å². The summed E-state index contributed by atoms with van der Waals surface area (Å²) < 4.78 is 13.0. The molecule has 1 aliphatic heterocycles. The first-order valence-corrected chi connectivity index (χ1v) is 15.7. The van der Waals surface area contributed by atoms with Gasteiger partial charge in [-0.05, 0) is 49.1 Å². The van der Waals surface area contributed by atoms with E-state index in [1.54, 1.807) is 0 Å². The van der Waals surface area contributed by atoms with Crippen LogP contribution in [0.5, 0.6) is 0 Å². The summed E-state index contributed by atoms with van der Waals surface area (Å²) >= 11 is 0. The summed E-state index contributed by atoms with van der Waals surface area (Å²) in [6.45, 7) is 3.39. The fourth-order valence-corrected chi connectivity index (χ4v) is 5.50. The molecule has 4 atom stereocenters. The molecule has 1 aliphatic rings. The molecule has 4 rings (SSSR count). The topological polar surface area (TPSA) is 108 Å². The molecule has 1 fully saturated rings. The van der Waals surface area contributed by atoms with E-state index in [-0.39, 0.29) is 37.2 Å². The second-order valence-electron chi connectivity index (χ2n) is 11.7. The smallest absolute Gasteiger partial charge is 0.303 e. The predicted molar refractivity (Wildman–Crippen MR) is 170 cm³/mol. The lowest BCUT2D eigenvalue weighted by Gasteiger charge is -2.39. The Kier molecular flexibility index (Phi) is 12.9. The normalized spacial score (nSPS) is 19.0. The Morgan fingerprint density at radius 1 is 0.864 bits per heavy atom. The number of carbonyl (C=O) groups is 2. The van der Waals surface area contributed by atoms with E-state index in [2.05, 4.69) is 48.5 Å². The zero-order chi connectivity index (χ0) is 31.3. The molecule has 0 spiro atoms. The maximum absolute atomic E-state index is 12.3. The van der Waals surface area contributed by atoms with E-state index >= 15 is 0 Å². The quantitative estimate of drug-likeness (QED) is 0.162. The first-order chi connectivity index (χ1) is 21.3. The Morgan fingerprint density at radius 3 is 2.16 bits per heavy atom. The predicted octanol–water partition coefficient (Wildman–Crippen LogP) is 6.46. The number of benzene rings is 3. The number of carboxylic acid groups (broad SMARTS) is 1. The highest BCUT2D eigenvalue weighted by molar-refractivity contribution is 5.75. The van der Waals surface area contributed by atoms with Crippen molar-refractivity contribution in [3.8, 4) is 0 Å². The molecule has 1 heterocycles. The van der Waals surface area contributed by atoms with Crippen LogP contribution in [0.2, 0.25) is 0 Å². The number of aliphatic hydroxyl groups excluding tert-OH is 1. The van der Waals surface area contributed by atoms with Gasteiger partial charge in [-0.3, -0.25) is 14.5 Å². The van der Waals surface area contributed by atoms with Crippen LogP contribution in [-0.4, -0.2) is 46.7 Å². The zero-order valence-electron chi connectivity index (χ0n) is 25.9.